The zero-order valence-corrected chi connectivity index (χ0v) is 19.8. The highest BCUT2D eigenvalue weighted by molar-refractivity contribution is 6.04. The van der Waals surface area contributed by atoms with Gasteiger partial charge in [0.25, 0.3) is 11.8 Å². The van der Waals surface area contributed by atoms with E-state index in [0.29, 0.717) is 35.9 Å². The van der Waals surface area contributed by atoms with Gasteiger partial charge in [0.2, 0.25) is 0 Å². The van der Waals surface area contributed by atoms with Crippen molar-refractivity contribution in [2.45, 2.75) is 20.4 Å². The summed E-state index contributed by atoms with van der Waals surface area (Å²) in [4.78, 5) is 29.6. The maximum Gasteiger partial charge on any atom is 0.289 e. The lowest BCUT2D eigenvalue weighted by Gasteiger charge is -2.27. The standard InChI is InChI=1S/C26H31N3O4/c1-18(2)16-29(26(31)24-10-7-13-33-24)17-20-14-21(11-12-23(20)28(3)4)27-25(30)19-8-6-9-22(15-19)32-5/h6-15,18H,16-17H2,1-5H3,(H,27,30). The van der Waals surface area contributed by atoms with Gasteiger partial charge in [0.1, 0.15) is 5.75 Å². The molecule has 33 heavy (non-hydrogen) atoms. The molecule has 2 amide bonds. The Morgan fingerprint density at radius 1 is 1.06 bits per heavy atom. The Labute approximate surface area is 194 Å². The summed E-state index contributed by atoms with van der Waals surface area (Å²) in [5, 5.41) is 2.95. The molecule has 1 aromatic heterocycles. The Morgan fingerprint density at radius 3 is 2.48 bits per heavy atom. The number of furan rings is 1. The van der Waals surface area contributed by atoms with E-state index < -0.39 is 0 Å². The van der Waals surface area contributed by atoms with Crippen LogP contribution < -0.4 is 15.0 Å². The monoisotopic (exact) mass is 449 g/mol. The highest BCUT2D eigenvalue weighted by Crippen LogP contribution is 2.26. The molecule has 3 aromatic rings. The molecule has 0 aliphatic rings. The lowest BCUT2D eigenvalue weighted by atomic mass is 10.1. The fraction of sp³-hybridized carbons (Fsp3) is 0.308. The number of carbonyl (C=O) groups excluding carboxylic acids is 2. The van der Waals surface area contributed by atoms with Crippen LogP contribution in [-0.2, 0) is 6.54 Å². The summed E-state index contributed by atoms with van der Waals surface area (Å²) < 4.78 is 10.6. The van der Waals surface area contributed by atoms with Crippen molar-refractivity contribution >= 4 is 23.2 Å². The molecule has 0 aliphatic heterocycles. The second-order valence-electron chi connectivity index (χ2n) is 8.48. The molecule has 174 valence electrons. The summed E-state index contributed by atoms with van der Waals surface area (Å²) in [5.41, 5.74) is 3.04. The zero-order chi connectivity index (χ0) is 24.0. The van der Waals surface area contributed by atoms with Crippen LogP contribution in [0.1, 0.15) is 40.3 Å². The van der Waals surface area contributed by atoms with Gasteiger partial charge >= 0.3 is 0 Å². The minimum Gasteiger partial charge on any atom is -0.497 e. The molecule has 0 radical (unpaired) electrons. The van der Waals surface area contributed by atoms with E-state index in [1.807, 2.05) is 37.2 Å². The van der Waals surface area contributed by atoms with E-state index in [-0.39, 0.29) is 17.7 Å². The number of methoxy groups -OCH3 is 1. The van der Waals surface area contributed by atoms with Crippen molar-refractivity contribution in [2.24, 2.45) is 5.92 Å². The number of carbonyl (C=O) groups is 2. The number of amides is 2. The van der Waals surface area contributed by atoms with E-state index in [9.17, 15) is 9.59 Å². The first-order valence-electron chi connectivity index (χ1n) is 10.9. The van der Waals surface area contributed by atoms with Crippen LogP contribution in [0.25, 0.3) is 0 Å². The molecule has 0 saturated heterocycles. The molecule has 2 aromatic carbocycles. The third-order valence-corrected chi connectivity index (χ3v) is 5.12. The van der Waals surface area contributed by atoms with Gasteiger partial charge in [-0.05, 0) is 60.0 Å². The number of anilines is 2. The summed E-state index contributed by atoms with van der Waals surface area (Å²) >= 11 is 0. The fourth-order valence-electron chi connectivity index (χ4n) is 3.62. The molecule has 0 unspecified atom stereocenters. The van der Waals surface area contributed by atoms with Gasteiger partial charge in [0, 0.05) is 44.1 Å². The molecule has 1 N–H and O–H groups in total. The lowest BCUT2D eigenvalue weighted by Crippen LogP contribution is -2.34. The van der Waals surface area contributed by atoms with Crippen LogP contribution >= 0.6 is 0 Å². The quantitative estimate of drug-likeness (QED) is 0.503. The van der Waals surface area contributed by atoms with E-state index in [1.165, 1.54) is 6.26 Å². The van der Waals surface area contributed by atoms with Crippen LogP contribution in [-0.4, -0.2) is 44.5 Å². The lowest BCUT2D eigenvalue weighted by molar-refractivity contribution is 0.0690. The van der Waals surface area contributed by atoms with Crippen molar-refractivity contribution in [1.29, 1.82) is 0 Å². The fourth-order valence-corrected chi connectivity index (χ4v) is 3.62. The molecule has 0 aliphatic carbocycles. The topological polar surface area (TPSA) is 75.0 Å². The summed E-state index contributed by atoms with van der Waals surface area (Å²) in [6, 6.07) is 16.1. The van der Waals surface area contributed by atoms with Gasteiger partial charge in [0.15, 0.2) is 5.76 Å². The summed E-state index contributed by atoms with van der Waals surface area (Å²) in [6.07, 6.45) is 1.50. The molecule has 7 nitrogen and oxygen atoms in total. The van der Waals surface area contributed by atoms with Crippen molar-refractivity contribution in [3.8, 4) is 5.75 Å². The van der Waals surface area contributed by atoms with Crippen molar-refractivity contribution in [1.82, 2.24) is 4.90 Å². The van der Waals surface area contributed by atoms with Crippen molar-refractivity contribution < 1.29 is 18.7 Å². The van der Waals surface area contributed by atoms with Gasteiger partial charge in [0.05, 0.1) is 13.4 Å². The Balaban J connectivity index is 1.88. The van der Waals surface area contributed by atoms with Gasteiger partial charge in [-0.2, -0.15) is 0 Å². The van der Waals surface area contributed by atoms with Gasteiger partial charge in [-0.3, -0.25) is 9.59 Å². The van der Waals surface area contributed by atoms with Crippen molar-refractivity contribution in [2.75, 3.05) is 38.0 Å². The number of nitrogens with one attached hydrogen (secondary N) is 1. The molecule has 3 rings (SSSR count). The van der Waals surface area contributed by atoms with E-state index in [2.05, 4.69) is 19.2 Å². The molecule has 0 fully saturated rings. The van der Waals surface area contributed by atoms with E-state index in [0.717, 1.165) is 11.3 Å². The van der Waals surface area contributed by atoms with Crippen molar-refractivity contribution in [3.05, 3.63) is 77.7 Å². The molecule has 0 saturated carbocycles. The first-order chi connectivity index (χ1) is 15.8. The Kier molecular flexibility index (Phi) is 7.77. The smallest absolute Gasteiger partial charge is 0.289 e. The van der Waals surface area contributed by atoms with Gasteiger partial charge in [-0.25, -0.2) is 0 Å². The Bertz CT molecular complexity index is 1090. The van der Waals surface area contributed by atoms with E-state index in [4.69, 9.17) is 9.15 Å². The third kappa shape index (κ3) is 6.16. The van der Waals surface area contributed by atoms with Crippen LogP contribution in [0.4, 0.5) is 11.4 Å². The SMILES string of the molecule is COc1cccc(C(=O)Nc2ccc(N(C)C)c(CN(CC(C)C)C(=O)c3ccco3)c2)c1. The molecule has 0 spiro atoms. The predicted octanol–water partition coefficient (Wildman–Crippen LogP) is 4.90. The molecule has 0 atom stereocenters. The minimum absolute atomic E-state index is 0.163. The molecular formula is C26H31N3O4. The summed E-state index contributed by atoms with van der Waals surface area (Å²) in [6.45, 7) is 5.10. The Morgan fingerprint density at radius 2 is 1.85 bits per heavy atom. The molecule has 0 bridgehead atoms. The largest absolute Gasteiger partial charge is 0.497 e. The van der Waals surface area contributed by atoms with E-state index in [1.54, 1.807) is 48.4 Å². The average molecular weight is 450 g/mol. The second-order valence-corrected chi connectivity index (χ2v) is 8.48. The maximum atomic E-state index is 13.1. The zero-order valence-electron chi connectivity index (χ0n) is 19.8. The highest BCUT2D eigenvalue weighted by Gasteiger charge is 2.21. The molecular weight excluding hydrogens is 418 g/mol. The maximum absolute atomic E-state index is 13.1. The molecule has 1 heterocycles. The number of nitrogens with zero attached hydrogens (tertiary/aromatic N) is 2. The highest BCUT2D eigenvalue weighted by atomic mass is 16.5. The summed E-state index contributed by atoms with van der Waals surface area (Å²) in [5.74, 6) is 0.812. The predicted molar refractivity (Wildman–Crippen MR) is 130 cm³/mol. The van der Waals surface area contributed by atoms with Gasteiger partial charge in [-0.15, -0.1) is 0 Å². The number of rotatable bonds is 9. The van der Waals surface area contributed by atoms with E-state index >= 15 is 0 Å². The van der Waals surface area contributed by atoms with Crippen LogP contribution in [0, 0.1) is 5.92 Å². The van der Waals surface area contributed by atoms with Crippen LogP contribution in [0.2, 0.25) is 0 Å². The molecule has 7 heteroatoms. The van der Waals surface area contributed by atoms with Crippen molar-refractivity contribution in [3.63, 3.8) is 0 Å². The number of hydrogen-bond donors (Lipinski definition) is 1. The van der Waals surface area contributed by atoms with Gasteiger partial charge in [-0.1, -0.05) is 19.9 Å². The minimum atomic E-state index is -0.233. The number of benzene rings is 2. The summed E-state index contributed by atoms with van der Waals surface area (Å²) in [7, 11) is 5.47. The normalized spacial score (nSPS) is 10.7. The average Bonchev–Trinajstić information content (AvgIpc) is 3.33. The van der Waals surface area contributed by atoms with Crippen LogP contribution in [0.5, 0.6) is 5.75 Å². The van der Waals surface area contributed by atoms with Crippen LogP contribution in [0.3, 0.4) is 0 Å². The number of hydrogen-bond acceptors (Lipinski definition) is 5. The first kappa shape index (κ1) is 23.9. The second kappa shape index (κ2) is 10.7. The third-order valence-electron chi connectivity index (χ3n) is 5.12. The first-order valence-corrected chi connectivity index (χ1v) is 10.9. The van der Waals surface area contributed by atoms with Gasteiger partial charge < -0.3 is 24.3 Å². The van der Waals surface area contributed by atoms with Crippen LogP contribution in [0.15, 0.2) is 65.3 Å². The Hall–Kier alpha value is -3.74. The number of ether oxygens (including phenoxy) is 1.